The lowest BCUT2D eigenvalue weighted by atomic mass is 10.1. The lowest BCUT2D eigenvalue weighted by Gasteiger charge is -2.07. The summed E-state index contributed by atoms with van der Waals surface area (Å²) in [6.07, 6.45) is 0. The Labute approximate surface area is 118 Å². The van der Waals surface area contributed by atoms with Gasteiger partial charge in [-0.2, -0.15) is 0 Å². The molecule has 0 aromatic heterocycles. The molecule has 2 aromatic carbocycles. The van der Waals surface area contributed by atoms with Crippen molar-refractivity contribution in [2.45, 2.75) is 6.92 Å². The molecular formula is C14H12BrFN2O. The Kier molecular flexibility index (Phi) is 3.85. The summed E-state index contributed by atoms with van der Waals surface area (Å²) in [7, 11) is 0. The predicted molar refractivity (Wildman–Crippen MR) is 77.6 cm³/mol. The van der Waals surface area contributed by atoms with E-state index >= 15 is 0 Å². The van der Waals surface area contributed by atoms with E-state index in [1.165, 1.54) is 18.2 Å². The van der Waals surface area contributed by atoms with Gasteiger partial charge in [0.2, 0.25) is 0 Å². The van der Waals surface area contributed by atoms with Gasteiger partial charge in [0.1, 0.15) is 5.82 Å². The number of nitrogens with one attached hydrogen (secondary N) is 1. The number of carbonyl (C=O) groups excluding carboxylic acids is 1. The molecule has 0 bridgehead atoms. The molecule has 0 heterocycles. The third-order valence-electron chi connectivity index (χ3n) is 2.54. The molecule has 3 N–H and O–H groups in total. The number of hydrogen-bond donors (Lipinski definition) is 2. The van der Waals surface area contributed by atoms with Crippen molar-refractivity contribution in [2.24, 2.45) is 0 Å². The Morgan fingerprint density at radius 2 is 2.00 bits per heavy atom. The number of rotatable bonds is 2. The Morgan fingerprint density at radius 1 is 1.26 bits per heavy atom. The topological polar surface area (TPSA) is 55.1 Å². The van der Waals surface area contributed by atoms with Crippen LogP contribution in [0.1, 0.15) is 15.9 Å². The average Bonchev–Trinajstić information content (AvgIpc) is 2.32. The molecule has 0 aliphatic rings. The van der Waals surface area contributed by atoms with Gasteiger partial charge in [0, 0.05) is 16.9 Å². The van der Waals surface area contributed by atoms with Gasteiger partial charge in [-0.05, 0) is 64.8 Å². The van der Waals surface area contributed by atoms with Crippen molar-refractivity contribution in [2.75, 3.05) is 11.1 Å². The normalized spacial score (nSPS) is 10.3. The van der Waals surface area contributed by atoms with Gasteiger partial charge in [-0.15, -0.1) is 0 Å². The summed E-state index contributed by atoms with van der Waals surface area (Å²) in [5.41, 5.74) is 8.12. The monoisotopic (exact) mass is 322 g/mol. The van der Waals surface area contributed by atoms with Crippen LogP contribution in [0.25, 0.3) is 0 Å². The number of carbonyl (C=O) groups is 1. The van der Waals surface area contributed by atoms with E-state index in [1.54, 1.807) is 18.2 Å². The molecule has 0 atom stereocenters. The fourth-order valence-electron chi connectivity index (χ4n) is 1.72. The van der Waals surface area contributed by atoms with E-state index in [2.05, 4.69) is 21.2 Å². The summed E-state index contributed by atoms with van der Waals surface area (Å²) in [6.45, 7) is 1.86. The van der Waals surface area contributed by atoms with Gasteiger partial charge in [-0.3, -0.25) is 4.79 Å². The molecule has 19 heavy (non-hydrogen) atoms. The molecular weight excluding hydrogens is 311 g/mol. The number of hydrogen-bond acceptors (Lipinski definition) is 2. The minimum absolute atomic E-state index is 0.283. The van der Waals surface area contributed by atoms with Gasteiger partial charge in [-0.25, -0.2) is 4.39 Å². The SMILES string of the molecule is Cc1cc(N)cc(C(=O)Nc2ccc(F)c(Br)c2)c1. The van der Waals surface area contributed by atoms with Gasteiger partial charge >= 0.3 is 0 Å². The fourth-order valence-corrected chi connectivity index (χ4v) is 2.10. The first-order valence-corrected chi connectivity index (χ1v) is 6.38. The fraction of sp³-hybridized carbons (Fsp3) is 0.0714. The molecule has 0 saturated heterocycles. The number of aryl methyl sites for hydroxylation is 1. The van der Waals surface area contributed by atoms with Crippen LogP contribution in [0.4, 0.5) is 15.8 Å². The second kappa shape index (κ2) is 5.40. The van der Waals surface area contributed by atoms with Crippen molar-refractivity contribution >= 4 is 33.2 Å². The van der Waals surface area contributed by atoms with E-state index < -0.39 is 0 Å². The lowest BCUT2D eigenvalue weighted by Crippen LogP contribution is -2.12. The highest BCUT2D eigenvalue weighted by atomic mass is 79.9. The van der Waals surface area contributed by atoms with Crippen LogP contribution in [-0.4, -0.2) is 5.91 Å². The second-order valence-corrected chi connectivity index (χ2v) is 5.07. The molecule has 5 heteroatoms. The maximum absolute atomic E-state index is 13.1. The van der Waals surface area contributed by atoms with E-state index in [0.29, 0.717) is 21.4 Å². The van der Waals surface area contributed by atoms with Crippen LogP contribution < -0.4 is 11.1 Å². The van der Waals surface area contributed by atoms with E-state index in [0.717, 1.165) is 5.56 Å². The van der Waals surface area contributed by atoms with Crippen molar-refractivity contribution in [1.29, 1.82) is 0 Å². The molecule has 2 rings (SSSR count). The molecule has 0 fully saturated rings. The number of amides is 1. The summed E-state index contributed by atoms with van der Waals surface area (Å²) < 4.78 is 13.4. The zero-order valence-corrected chi connectivity index (χ0v) is 11.8. The molecule has 0 aliphatic heterocycles. The number of nitrogen functional groups attached to an aromatic ring is 1. The minimum atomic E-state index is -0.377. The highest BCUT2D eigenvalue weighted by Gasteiger charge is 2.08. The molecule has 0 aliphatic carbocycles. The molecule has 1 amide bonds. The maximum Gasteiger partial charge on any atom is 0.255 e. The van der Waals surface area contributed by atoms with E-state index in [9.17, 15) is 9.18 Å². The molecule has 0 saturated carbocycles. The van der Waals surface area contributed by atoms with E-state index in [-0.39, 0.29) is 11.7 Å². The third kappa shape index (κ3) is 3.32. The summed E-state index contributed by atoms with van der Waals surface area (Å²) in [6, 6.07) is 9.41. The van der Waals surface area contributed by atoms with Crippen LogP contribution in [0.3, 0.4) is 0 Å². The molecule has 3 nitrogen and oxygen atoms in total. The van der Waals surface area contributed by atoms with Crippen molar-refractivity contribution in [3.05, 3.63) is 57.8 Å². The van der Waals surface area contributed by atoms with Crippen LogP contribution in [0, 0.1) is 12.7 Å². The van der Waals surface area contributed by atoms with Crippen molar-refractivity contribution < 1.29 is 9.18 Å². The van der Waals surface area contributed by atoms with Gasteiger partial charge in [0.25, 0.3) is 5.91 Å². The van der Waals surface area contributed by atoms with Crippen LogP contribution in [-0.2, 0) is 0 Å². The Balaban J connectivity index is 2.22. The minimum Gasteiger partial charge on any atom is -0.399 e. The van der Waals surface area contributed by atoms with Crippen LogP contribution >= 0.6 is 15.9 Å². The average molecular weight is 323 g/mol. The van der Waals surface area contributed by atoms with Crippen molar-refractivity contribution in [3.8, 4) is 0 Å². The van der Waals surface area contributed by atoms with Gasteiger partial charge in [-0.1, -0.05) is 0 Å². The molecule has 0 spiro atoms. The van der Waals surface area contributed by atoms with Crippen LogP contribution in [0.5, 0.6) is 0 Å². The second-order valence-electron chi connectivity index (χ2n) is 4.22. The quantitative estimate of drug-likeness (QED) is 0.828. The smallest absolute Gasteiger partial charge is 0.255 e. The standard InChI is InChI=1S/C14H12BrFN2O/c1-8-4-9(6-10(17)5-8)14(19)18-11-2-3-13(16)12(15)7-11/h2-7H,17H2,1H3,(H,18,19). The Morgan fingerprint density at radius 3 is 2.63 bits per heavy atom. The maximum atomic E-state index is 13.1. The molecule has 2 aromatic rings. The third-order valence-corrected chi connectivity index (χ3v) is 3.15. The lowest BCUT2D eigenvalue weighted by molar-refractivity contribution is 0.102. The zero-order valence-electron chi connectivity index (χ0n) is 10.2. The Bertz CT molecular complexity index is 623. The first-order chi connectivity index (χ1) is 8.95. The summed E-state index contributed by atoms with van der Waals surface area (Å²) in [4.78, 5) is 12.0. The van der Waals surface area contributed by atoms with Gasteiger partial charge < -0.3 is 11.1 Å². The number of nitrogens with two attached hydrogens (primary N) is 1. The van der Waals surface area contributed by atoms with Gasteiger partial charge in [0.05, 0.1) is 4.47 Å². The summed E-state index contributed by atoms with van der Waals surface area (Å²) in [5.74, 6) is -0.660. The largest absolute Gasteiger partial charge is 0.399 e. The van der Waals surface area contributed by atoms with Crippen molar-refractivity contribution in [1.82, 2.24) is 0 Å². The summed E-state index contributed by atoms with van der Waals surface area (Å²) in [5, 5.41) is 2.69. The number of benzene rings is 2. The highest BCUT2D eigenvalue weighted by Crippen LogP contribution is 2.21. The number of halogens is 2. The number of anilines is 2. The molecule has 0 radical (unpaired) electrons. The van der Waals surface area contributed by atoms with E-state index in [4.69, 9.17) is 5.73 Å². The molecule has 98 valence electrons. The van der Waals surface area contributed by atoms with E-state index in [1.807, 2.05) is 6.92 Å². The first kappa shape index (κ1) is 13.5. The first-order valence-electron chi connectivity index (χ1n) is 5.59. The molecule has 0 unspecified atom stereocenters. The van der Waals surface area contributed by atoms with Gasteiger partial charge in [0.15, 0.2) is 0 Å². The predicted octanol–water partition coefficient (Wildman–Crippen LogP) is 3.73. The highest BCUT2D eigenvalue weighted by molar-refractivity contribution is 9.10. The van der Waals surface area contributed by atoms with Crippen molar-refractivity contribution in [3.63, 3.8) is 0 Å². The van der Waals surface area contributed by atoms with Crippen LogP contribution in [0.15, 0.2) is 40.9 Å². The Hall–Kier alpha value is -1.88. The van der Waals surface area contributed by atoms with Crippen LogP contribution in [0.2, 0.25) is 0 Å². The zero-order chi connectivity index (χ0) is 14.0. The summed E-state index contributed by atoms with van der Waals surface area (Å²) >= 11 is 3.07.